The molecule has 2 N–H and O–H groups in total. The lowest BCUT2D eigenvalue weighted by molar-refractivity contribution is -0.142. The molecular formula is C15H22N2O6S. The van der Waals surface area contributed by atoms with Crippen LogP contribution in [0.15, 0.2) is 4.90 Å². The maximum absolute atomic E-state index is 13.0. The Bertz CT molecular complexity index is 752. The number of aromatic nitrogens is 1. The number of carboxylic acids is 1. The molecule has 1 aliphatic heterocycles. The van der Waals surface area contributed by atoms with Gasteiger partial charge in [-0.05, 0) is 33.6 Å². The van der Waals surface area contributed by atoms with E-state index in [4.69, 9.17) is 9.84 Å². The van der Waals surface area contributed by atoms with Gasteiger partial charge in [-0.2, -0.15) is 4.31 Å². The number of rotatable bonds is 5. The number of nitrogens with one attached hydrogen (secondary N) is 1. The average molecular weight is 358 g/mol. The molecule has 0 saturated carbocycles. The first kappa shape index (κ1) is 18.5. The van der Waals surface area contributed by atoms with Crippen molar-refractivity contribution in [1.82, 2.24) is 9.29 Å². The quantitative estimate of drug-likeness (QED) is 0.766. The third kappa shape index (κ3) is 3.32. The highest BCUT2D eigenvalue weighted by atomic mass is 32.2. The fourth-order valence-electron chi connectivity index (χ4n) is 3.02. The first-order chi connectivity index (χ1) is 11.2. The first-order valence-electron chi connectivity index (χ1n) is 7.79. The van der Waals surface area contributed by atoms with Gasteiger partial charge < -0.3 is 14.8 Å². The highest BCUT2D eigenvalue weighted by Gasteiger charge is 2.38. The Morgan fingerprint density at radius 1 is 1.33 bits per heavy atom. The minimum atomic E-state index is -3.99. The molecule has 1 saturated heterocycles. The number of esters is 1. The molecule has 0 spiro atoms. The maximum Gasteiger partial charge on any atom is 0.341 e. The molecule has 1 unspecified atom stereocenters. The number of aromatic amines is 1. The van der Waals surface area contributed by atoms with Crippen molar-refractivity contribution in [2.45, 2.75) is 38.5 Å². The molecule has 24 heavy (non-hydrogen) atoms. The molecule has 1 fully saturated rings. The highest BCUT2D eigenvalue weighted by molar-refractivity contribution is 7.89. The van der Waals surface area contributed by atoms with Gasteiger partial charge in [-0.3, -0.25) is 4.79 Å². The van der Waals surface area contributed by atoms with Gasteiger partial charge in [-0.1, -0.05) is 0 Å². The summed E-state index contributed by atoms with van der Waals surface area (Å²) in [5.41, 5.74) is 0.746. The van der Waals surface area contributed by atoms with Gasteiger partial charge in [-0.25, -0.2) is 13.2 Å². The molecule has 2 heterocycles. The van der Waals surface area contributed by atoms with Crippen LogP contribution in [0.1, 0.15) is 41.5 Å². The summed E-state index contributed by atoms with van der Waals surface area (Å²) < 4.78 is 32.2. The summed E-state index contributed by atoms with van der Waals surface area (Å²) in [6.07, 6.45) is 0.907. The standard InChI is InChI=1S/C15H22N2O6S/c1-4-23-15(20)12-9(2)16-10(3)13(12)24(21,22)17-7-5-6-11(8-17)14(18)19/h11,16H,4-8H2,1-3H3,(H,18,19). The lowest BCUT2D eigenvalue weighted by atomic mass is 10.0. The summed E-state index contributed by atoms with van der Waals surface area (Å²) in [7, 11) is -3.99. The van der Waals surface area contributed by atoms with Crippen molar-refractivity contribution in [3.05, 3.63) is 17.0 Å². The minimum absolute atomic E-state index is 0.00759. The van der Waals surface area contributed by atoms with E-state index in [1.54, 1.807) is 20.8 Å². The van der Waals surface area contributed by atoms with Crippen LogP contribution in [0.4, 0.5) is 0 Å². The summed E-state index contributed by atoms with van der Waals surface area (Å²) in [5.74, 6) is -2.45. The number of sulfonamides is 1. The Morgan fingerprint density at radius 3 is 2.58 bits per heavy atom. The molecule has 0 radical (unpaired) electrons. The van der Waals surface area contributed by atoms with Crippen molar-refractivity contribution in [2.75, 3.05) is 19.7 Å². The van der Waals surface area contributed by atoms with Gasteiger partial charge in [0.05, 0.1) is 12.5 Å². The normalized spacial score (nSPS) is 19.2. The van der Waals surface area contributed by atoms with Crippen molar-refractivity contribution in [3.63, 3.8) is 0 Å². The second-order valence-electron chi connectivity index (χ2n) is 5.84. The van der Waals surface area contributed by atoms with E-state index in [1.165, 1.54) is 0 Å². The van der Waals surface area contributed by atoms with Gasteiger partial charge in [0, 0.05) is 24.5 Å². The zero-order valence-electron chi connectivity index (χ0n) is 14.0. The molecule has 0 aliphatic carbocycles. The molecule has 0 amide bonds. The zero-order chi connectivity index (χ0) is 18.1. The number of hydrogen-bond acceptors (Lipinski definition) is 5. The Labute approximate surface area is 140 Å². The lowest BCUT2D eigenvalue weighted by Gasteiger charge is -2.30. The van der Waals surface area contributed by atoms with E-state index in [1.807, 2.05) is 0 Å². The summed E-state index contributed by atoms with van der Waals surface area (Å²) in [6, 6.07) is 0. The first-order valence-corrected chi connectivity index (χ1v) is 9.23. The molecule has 0 bridgehead atoms. The number of aryl methyl sites for hydroxylation is 2. The predicted octanol–water partition coefficient (Wildman–Crippen LogP) is 1.29. The Hall–Kier alpha value is -1.87. The maximum atomic E-state index is 13.0. The summed E-state index contributed by atoms with van der Waals surface area (Å²) in [5, 5.41) is 9.16. The van der Waals surface area contributed by atoms with Crippen LogP contribution < -0.4 is 0 Å². The number of aliphatic carboxylic acids is 1. The van der Waals surface area contributed by atoms with E-state index in [0.717, 1.165) is 4.31 Å². The van der Waals surface area contributed by atoms with Gasteiger partial charge in [0.1, 0.15) is 10.5 Å². The molecule has 8 nitrogen and oxygen atoms in total. The third-order valence-electron chi connectivity index (χ3n) is 4.13. The fourth-order valence-corrected chi connectivity index (χ4v) is 4.96. The molecule has 1 aromatic rings. The number of nitrogens with zero attached hydrogens (tertiary/aromatic N) is 1. The number of ether oxygens (including phenoxy) is 1. The number of carbonyl (C=O) groups excluding carboxylic acids is 1. The topological polar surface area (TPSA) is 117 Å². The van der Waals surface area contributed by atoms with Crippen LogP contribution in [0.2, 0.25) is 0 Å². The number of H-pyrrole nitrogens is 1. The van der Waals surface area contributed by atoms with Crippen LogP contribution in [0.5, 0.6) is 0 Å². The van der Waals surface area contributed by atoms with Crippen LogP contribution in [-0.2, 0) is 19.6 Å². The van der Waals surface area contributed by atoms with Crippen molar-refractivity contribution in [2.24, 2.45) is 5.92 Å². The van der Waals surface area contributed by atoms with E-state index in [2.05, 4.69) is 4.98 Å². The number of carbonyl (C=O) groups is 2. The number of carboxylic acid groups (broad SMARTS) is 1. The molecule has 1 atom stereocenters. The van der Waals surface area contributed by atoms with Crippen LogP contribution >= 0.6 is 0 Å². The predicted molar refractivity (Wildman–Crippen MR) is 85.3 cm³/mol. The number of hydrogen-bond donors (Lipinski definition) is 2. The van der Waals surface area contributed by atoms with E-state index in [9.17, 15) is 18.0 Å². The molecule has 2 rings (SSSR count). The molecule has 0 aromatic carbocycles. The molecular weight excluding hydrogens is 336 g/mol. The van der Waals surface area contributed by atoms with Gasteiger partial charge in [0.2, 0.25) is 10.0 Å². The Morgan fingerprint density at radius 2 is 2.00 bits per heavy atom. The van der Waals surface area contributed by atoms with Gasteiger partial charge in [-0.15, -0.1) is 0 Å². The SMILES string of the molecule is CCOC(=O)c1c(C)[nH]c(C)c1S(=O)(=O)N1CCCC(C(=O)O)C1. The molecule has 1 aromatic heterocycles. The zero-order valence-corrected chi connectivity index (χ0v) is 14.8. The van der Waals surface area contributed by atoms with Gasteiger partial charge in [0.15, 0.2) is 0 Å². The third-order valence-corrected chi connectivity index (χ3v) is 6.17. The smallest absolute Gasteiger partial charge is 0.341 e. The van der Waals surface area contributed by atoms with Crippen molar-refractivity contribution >= 4 is 22.0 Å². The van der Waals surface area contributed by atoms with Crippen molar-refractivity contribution < 1.29 is 27.9 Å². The van der Waals surface area contributed by atoms with Crippen molar-refractivity contribution in [3.8, 4) is 0 Å². The highest BCUT2D eigenvalue weighted by Crippen LogP contribution is 2.30. The van der Waals surface area contributed by atoms with Gasteiger partial charge >= 0.3 is 11.9 Å². The average Bonchev–Trinajstić information content (AvgIpc) is 2.82. The second kappa shape index (κ2) is 6.94. The Kier molecular flexibility index (Phi) is 5.34. The largest absolute Gasteiger partial charge is 0.481 e. The van der Waals surface area contributed by atoms with E-state index in [-0.39, 0.29) is 30.2 Å². The van der Waals surface area contributed by atoms with Crippen LogP contribution in [0, 0.1) is 19.8 Å². The summed E-state index contributed by atoms with van der Waals surface area (Å²) >= 11 is 0. The fraction of sp³-hybridized carbons (Fsp3) is 0.600. The number of piperidine rings is 1. The van der Waals surface area contributed by atoms with Crippen molar-refractivity contribution in [1.29, 1.82) is 0 Å². The molecule has 1 aliphatic rings. The molecule has 9 heteroatoms. The van der Waals surface area contributed by atoms with E-state index >= 15 is 0 Å². The molecule has 134 valence electrons. The minimum Gasteiger partial charge on any atom is -0.481 e. The lowest BCUT2D eigenvalue weighted by Crippen LogP contribution is -2.42. The summed E-state index contributed by atoms with van der Waals surface area (Å²) in [4.78, 5) is 26.1. The van der Waals surface area contributed by atoms with Gasteiger partial charge in [0.25, 0.3) is 0 Å². The van der Waals surface area contributed by atoms with E-state index < -0.39 is 27.9 Å². The second-order valence-corrected chi connectivity index (χ2v) is 7.71. The van der Waals surface area contributed by atoms with Crippen LogP contribution in [0.3, 0.4) is 0 Å². The summed E-state index contributed by atoms with van der Waals surface area (Å²) in [6.45, 7) is 5.09. The monoisotopic (exact) mass is 358 g/mol. The van der Waals surface area contributed by atoms with E-state index in [0.29, 0.717) is 24.2 Å². The van der Waals surface area contributed by atoms with Crippen LogP contribution in [-0.4, -0.2) is 54.4 Å². The Balaban J connectivity index is 2.46. The van der Waals surface area contributed by atoms with Crippen LogP contribution in [0.25, 0.3) is 0 Å².